The van der Waals surface area contributed by atoms with Crippen LogP contribution in [0.15, 0.2) is 18.2 Å². The highest BCUT2D eigenvalue weighted by Gasteiger charge is 2.31. The summed E-state index contributed by atoms with van der Waals surface area (Å²) in [6.07, 6.45) is 2.36. The Morgan fingerprint density at radius 1 is 1.20 bits per heavy atom. The Hall–Kier alpha value is -1.89. The summed E-state index contributed by atoms with van der Waals surface area (Å²) in [6, 6.07) is 6.06. The molecule has 1 aromatic rings. The maximum atomic E-state index is 12.7. The molecule has 2 amide bonds. The van der Waals surface area contributed by atoms with E-state index in [4.69, 9.17) is 9.47 Å². The SMILES string of the molecule is O=C1SCCN1CCC(=O)N1CCC[C@H]1c1ccc2c(c1)OCCO2. The first-order chi connectivity index (χ1) is 12.2. The first kappa shape index (κ1) is 16.6. The number of carbonyl (C=O) groups is 2. The number of thioether (sulfide) groups is 1. The molecule has 6 nitrogen and oxygen atoms in total. The molecule has 4 rings (SSSR count). The van der Waals surface area contributed by atoms with Crippen LogP contribution < -0.4 is 9.47 Å². The van der Waals surface area contributed by atoms with Crippen molar-refractivity contribution in [1.29, 1.82) is 0 Å². The van der Waals surface area contributed by atoms with Crippen LogP contribution in [0.3, 0.4) is 0 Å². The van der Waals surface area contributed by atoms with Crippen LogP contribution in [0.5, 0.6) is 11.5 Å². The zero-order valence-corrected chi connectivity index (χ0v) is 14.9. The van der Waals surface area contributed by atoms with E-state index in [0.29, 0.717) is 26.2 Å². The highest BCUT2D eigenvalue weighted by atomic mass is 32.2. The monoisotopic (exact) mass is 362 g/mol. The molecule has 3 aliphatic heterocycles. The number of ether oxygens (including phenoxy) is 2. The van der Waals surface area contributed by atoms with E-state index in [1.165, 1.54) is 11.8 Å². The van der Waals surface area contributed by atoms with Crippen LogP contribution in [0.4, 0.5) is 4.79 Å². The van der Waals surface area contributed by atoms with Crippen LogP contribution in [0.2, 0.25) is 0 Å². The molecule has 25 heavy (non-hydrogen) atoms. The predicted molar refractivity (Wildman–Crippen MR) is 95.2 cm³/mol. The Labute approximate surface area is 151 Å². The Morgan fingerprint density at radius 2 is 2.04 bits per heavy atom. The highest BCUT2D eigenvalue weighted by Crippen LogP contribution is 2.38. The zero-order valence-electron chi connectivity index (χ0n) is 14.1. The van der Waals surface area contributed by atoms with Crippen molar-refractivity contribution in [2.45, 2.75) is 25.3 Å². The van der Waals surface area contributed by atoms with Crippen molar-refractivity contribution in [3.8, 4) is 11.5 Å². The van der Waals surface area contributed by atoms with Gasteiger partial charge in [-0.3, -0.25) is 9.59 Å². The predicted octanol–water partition coefficient (Wildman–Crippen LogP) is 2.68. The minimum atomic E-state index is 0.0898. The summed E-state index contributed by atoms with van der Waals surface area (Å²) in [6.45, 7) is 3.19. The van der Waals surface area contributed by atoms with E-state index in [0.717, 1.165) is 48.7 Å². The maximum Gasteiger partial charge on any atom is 0.281 e. The van der Waals surface area contributed by atoms with Gasteiger partial charge in [-0.15, -0.1) is 0 Å². The van der Waals surface area contributed by atoms with Crippen LogP contribution in [-0.4, -0.2) is 59.5 Å². The summed E-state index contributed by atoms with van der Waals surface area (Å²) in [5.41, 5.74) is 1.10. The number of hydrogen-bond acceptors (Lipinski definition) is 5. The van der Waals surface area contributed by atoms with Gasteiger partial charge in [0.25, 0.3) is 5.24 Å². The minimum absolute atomic E-state index is 0.0898. The smallest absolute Gasteiger partial charge is 0.281 e. The summed E-state index contributed by atoms with van der Waals surface area (Å²) >= 11 is 1.34. The molecule has 2 fully saturated rings. The number of hydrogen-bond donors (Lipinski definition) is 0. The van der Waals surface area contributed by atoms with Crippen molar-refractivity contribution in [3.63, 3.8) is 0 Å². The molecule has 1 atom stereocenters. The molecule has 0 radical (unpaired) electrons. The number of benzene rings is 1. The first-order valence-electron chi connectivity index (χ1n) is 8.83. The van der Waals surface area contributed by atoms with Gasteiger partial charge in [0.05, 0.1) is 6.04 Å². The Bertz CT molecular complexity index is 681. The Kier molecular flexibility index (Phi) is 4.74. The van der Waals surface area contributed by atoms with E-state index in [2.05, 4.69) is 0 Å². The largest absolute Gasteiger partial charge is 0.486 e. The van der Waals surface area contributed by atoms with Crippen LogP contribution in [0.1, 0.15) is 30.9 Å². The van der Waals surface area contributed by atoms with Gasteiger partial charge in [-0.1, -0.05) is 17.8 Å². The minimum Gasteiger partial charge on any atom is -0.486 e. The third-order valence-corrected chi connectivity index (χ3v) is 5.86. The van der Waals surface area contributed by atoms with Gasteiger partial charge in [0.1, 0.15) is 13.2 Å². The molecule has 1 aromatic carbocycles. The topological polar surface area (TPSA) is 59.1 Å². The second-order valence-corrected chi connectivity index (χ2v) is 7.55. The molecule has 0 unspecified atom stereocenters. The molecule has 0 aromatic heterocycles. The van der Waals surface area contributed by atoms with E-state index in [1.807, 2.05) is 23.1 Å². The van der Waals surface area contributed by atoms with E-state index < -0.39 is 0 Å². The normalized spacial score (nSPS) is 22.6. The molecule has 2 saturated heterocycles. The van der Waals surface area contributed by atoms with Gasteiger partial charge in [-0.25, -0.2) is 0 Å². The molecular formula is C18H22N2O4S. The van der Waals surface area contributed by atoms with Crippen molar-refractivity contribution in [1.82, 2.24) is 9.80 Å². The first-order valence-corrected chi connectivity index (χ1v) is 9.81. The second-order valence-electron chi connectivity index (χ2n) is 6.50. The van der Waals surface area contributed by atoms with E-state index in [-0.39, 0.29) is 17.2 Å². The molecule has 3 aliphatic rings. The van der Waals surface area contributed by atoms with Crippen LogP contribution >= 0.6 is 11.8 Å². The number of likely N-dealkylation sites (tertiary alicyclic amines) is 1. The van der Waals surface area contributed by atoms with Gasteiger partial charge in [0, 0.05) is 31.8 Å². The molecule has 134 valence electrons. The number of fused-ring (bicyclic) bond motifs is 1. The van der Waals surface area contributed by atoms with Gasteiger partial charge in [0.15, 0.2) is 11.5 Å². The van der Waals surface area contributed by atoms with E-state index in [1.54, 1.807) is 4.90 Å². The summed E-state index contributed by atoms with van der Waals surface area (Å²) in [4.78, 5) is 28.1. The van der Waals surface area contributed by atoms with Crippen molar-refractivity contribution in [2.75, 3.05) is 38.6 Å². The summed E-state index contributed by atoms with van der Waals surface area (Å²) in [5, 5.41) is 0.0950. The lowest BCUT2D eigenvalue weighted by atomic mass is 10.0. The third-order valence-electron chi connectivity index (χ3n) is 4.96. The number of amides is 2. The number of nitrogens with zero attached hydrogens (tertiary/aromatic N) is 2. The van der Waals surface area contributed by atoms with Crippen LogP contribution in [-0.2, 0) is 4.79 Å². The van der Waals surface area contributed by atoms with Gasteiger partial charge in [0.2, 0.25) is 5.91 Å². The lowest BCUT2D eigenvalue weighted by Crippen LogP contribution is -2.34. The molecule has 0 saturated carbocycles. The van der Waals surface area contributed by atoms with Crippen molar-refractivity contribution in [3.05, 3.63) is 23.8 Å². The Morgan fingerprint density at radius 3 is 2.84 bits per heavy atom. The fourth-order valence-electron chi connectivity index (χ4n) is 3.68. The summed E-state index contributed by atoms with van der Waals surface area (Å²) in [7, 11) is 0. The number of rotatable bonds is 4. The summed E-state index contributed by atoms with van der Waals surface area (Å²) in [5.74, 6) is 2.50. The molecule has 0 bridgehead atoms. The number of carbonyl (C=O) groups excluding carboxylic acids is 2. The zero-order chi connectivity index (χ0) is 17.2. The average molecular weight is 362 g/mol. The van der Waals surface area contributed by atoms with Crippen LogP contribution in [0.25, 0.3) is 0 Å². The second kappa shape index (κ2) is 7.15. The highest BCUT2D eigenvalue weighted by molar-refractivity contribution is 8.13. The fraction of sp³-hybridized carbons (Fsp3) is 0.556. The van der Waals surface area contributed by atoms with Gasteiger partial charge < -0.3 is 19.3 Å². The fourth-order valence-corrected chi connectivity index (χ4v) is 4.53. The van der Waals surface area contributed by atoms with E-state index >= 15 is 0 Å². The van der Waals surface area contributed by atoms with Crippen molar-refractivity contribution < 1.29 is 19.1 Å². The quantitative estimate of drug-likeness (QED) is 0.824. The molecule has 0 N–H and O–H groups in total. The van der Waals surface area contributed by atoms with Crippen LogP contribution in [0, 0.1) is 0 Å². The Balaban J connectivity index is 1.43. The molecular weight excluding hydrogens is 340 g/mol. The third kappa shape index (κ3) is 3.42. The molecule has 0 aliphatic carbocycles. The van der Waals surface area contributed by atoms with Gasteiger partial charge >= 0.3 is 0 Å². The van der Waals surface area contributed by atoms with Gasteiger partial charge in [-0.2, -0.15) is 0 Å². The standard InChI is InChI=1S/C18H22N2O4S/c21-17(5-7-19-8-11-25-18(19)22)20-6-1-2-14(20)13-3-4-15-16(12-13)24-10-9-23-15/h3-4,12,14H,1-2,5-11H2/t14-/m0/s1. The van der Waals surface area contributed by atoms with E-state index in [9.17, 15) is 9.59 Å². The van der Waals surface area contributed by atoms with Crippen molar-refractivity contribution in [2.24, 2.45) is 0 Å². The molecule has 7 heteroatoms. The lowest BCUT2D eigenvalue weighted by Gasteiger charge is -2.27. The molecule has 0 spiro atoms. The lowest BCUT2D eigenvalue weighted by molar-refractivity contribution is -0.132. The van der Waals surface area contributed by atoms with Gasteiger partial charge in [-0.05, 0) is 30.5 Å². The van der Waals surface area contributed by atoms with Crippen molar-refractivity contribution >= 4 is 22.9 Å². The average Bonchev–Trinajstić information content (AvgIpc) is 3.28. The summed E-state index contributed by atoms with van der Waals surface area (Å²) < 4.78 is 11.2. The maximum absolute atomic E-state index is 12.7. The molecule has 3 heterocycles.